The average Bonchev–Trinajstić information content (AvgIpc) is 3.23. The first kappa shape index (κ1) is 24.2. The van der Waals surface area contributed by atoms with Crippen molar-refractivity contribution in [2.45, 2.75) is 72.6 Å². The van der Waals surface area contributed by atoms with Crippen LogP contribution in [-0.4, -0.2) is 40.6 Å². The third-order valence-corrected chi connectivity index (χ3v) is 8.97. The molecule has 2 N–H and O–H groups in total. The molecule has 1 aliphatic carbocycles. The standard InChI is InChI=1S/C27H30ClN3O3S/c28-27(17-19-7-1-4-10-23(19)35-27)26(34)30-22-9-3-2-8-21(22)29-25(33)18-12-14-20(15-13-18)31-16-6-5-11-24(31)32/h1,4,7,10,12-15,21-22H,2-3,5-6,8-9,11,16-17H2,(H,29,33)(H,30,34). The van der Waals surface area contributed by atoms with Gasteiger partial charge in [0.1, 0.15) is 0 Å². The zero-order chi connectivity index (χ0) is 24.4. The molecule has 2 heterocycles. The molecular formula is C27H30ClN3O3S. The zero-order valence-corrected chi connectivity index (χ0v) is 21.2. The zero-order valence-electron chi connectivity index (χ0n) is 19.6. The fraction of sp³-hybridized carbons (Fsp3) is 0.444. The molecule has 1 saturated heterocycles. The molecule has 2 aliphatic heterocycles. The SMILES string of the molecule is O=C(NC1CCCCC1NC(=O)C1(Cl)Cc2ccccc2S1)c1ccc(N2CCCCC2=O)cc1. The molecule has 0 bridgehead atoms. The van der Waals surface area contributed by atoms with Crippen molar-refractivity contribution in [3.63, 3.8) is 0 Å². The molecule has 3 aliphatic rings. The summed E-state index contributed by atoms with van der Waals surface area (Å²) in [5.74, 6) is -0.229. The van der Waals surface area contributed by atoms with Gasteiger partial charge in [0.15, 0.2) is 4.21 Å². The van der Waals surface area contributed by atoms with Gasteiger partial charge in [0.05, 0.1) is 0 Å². The van der Waals surface area contributed by atoms with Crippen molar-refractivity contribution in [3.8, 4) is 0 Å². The van der Waals surface area contributed by atoms with Crippen LogP contribution < -0.4 is 15.5 Å². The summed E-state index contributed by atoms with van der Waals surface area (Å²) >= 11 is 8.18. The lowest BCUT2D eigenvalue weighted by Gasteiger charge is -2.34. The molecule has 2 fully saturated rings. The maximum absolute atomic E-state index is 13.2. The topological polar surface area (TPSA) is 78.5 Å². The van der Waals surface area contributed by atoms with E-state index in [2.05, 4.69) is 10.6 Å². The van der Waals surface area contributed by atoms with Crippen molar-refractivity contribution in [2.24, 2.45) is 0 Å². The molecule has 1 saturated carbocycles. The monoisotopic (exact) mass is 511 g/mol. The number of piperidine rings is 1. The van der Waals surface area contributed by atoms with Gasteiger partial charge in [0.2, 0.25) is 5.91 Å². The van der Waals surface area contributed by atoms with E-state index in [1.807, 2.05) is 36.4 Å². The lowest BCUT2D eigenvalue weighted by molar-refractivity contribution is -0.122. The molecule has 6 nitrogen and oxygen atoms in total. The molecule has 2 aromatic rings. The van der Waals surface area contributed by atoms with E-state index in [0.717, 1.165) is 61.2 Å². The minimum atomic E-state index is -1.06. The fourth-order valence-corrected chi connectivity index (χ4v) is 6.80. The van der Waals surface area contributed by atoms with E-state index in [1.54, 1.807) is 17.0 Å². The van der Waals surface area contributed by atoms with E-state index in [4.69, 9.17) is 11.6 Å². The number of hydrogen-bond acceptors (Lipinski definition) is 4. The second-order valence-corrected chi connectivity index (χ2v) is 11.8. The number of alkyl halides is 1. The second-order valence-electron chi connectivity index (χ2n) is 9.61. The summed E-state index contributed by atoms with van der Waals surface area (Å²) in [5.41, 5.74) is 2.46. The van der Waals surface area contributed by atoms with Crippen molar-refractivity contribution in [1.82, 2.24) is 10.6 Å². The second kappa shape index (κ2) is 10.2. The fourth-order valence-electron chi connectivity index (χ4n) is 5.21. The Morgan fingerprint density at radius 1 is 0.943 bits per heavy atom. The van der Waals surface area contributed by atoms with E-state index < -0.39 is 4.21 Å². The van der Waals surface area contributed by atoms with Gasteiger partial charge in [0.25, 0.3) is 11.8 Å². The van der Waals surface area contributed by atoms with Crippen LogP contribution in [0.5, 0.6) is 0 Å². The number of rotatable bonds is 5. The number of amides is 3. The van der Waals surface area contributed by atoms with E-state index in [9.17, 15) is 14.4 Å². The molecule has 35 heavy (non-hydrogen) atoms. The van der Waals surface area contributed by atoms with E-state index in [-0.39, 0.29) is 29.8 Å². The highest BCUT2D eigenvalue weighted by atomic mass is 35.5. The molecule has 3 atom stereocenters. The number of fused-ring (bicyclic) bond motifs is 1. The van der Waals surface area contributed by atoms with E-state index in [1.165, 1.54) is 11.8 Å². The average molecular weight is 512 g/mol. The molecule has 0 radical (unpaired) electrons. The number of carbonyl (C=O) groups is 3. The summed E-state index contributed by atoms with van der Waals surface area (Å²) in [7, 11) is 0. The largest absolute Gasteiger partial charge is 0.349 e. The molecule has 5 rings (SSSR count). The summed E-state index contributed by atoms with van der Waals surface area (Å²) in [6.07, 6.45) is 6.60. The quantitative estimate of drug-likeness (QED) is 0.573. The van der Waals surface area contributed by atoms with Crippen LogP contribution in [0.2, 0.25) is 0 Å². The summed E-state index contributed by atoms with van der Waals surface area (Å²) in [6, 6.07) is 14.8. The van der Waals surface area contributed by atoms with Crippen molar-refractivity contribution in [1.29, 1.82) is 0 Å². The molecular weight excluding hydrogens is 482 g/mol. The number of benzene rings is 2. The van der Waals surface area contributed by atoms with Gasteiger partial charge in [-0.25, -0.2) is 0 Å². The van der Waals surface area contributed by atoms with Crippen LogP contribution in [-0.2, 0) is 16.0 Å². The first-order chi connectivity index (χ1) is 16.9. The Balaban J connectivity index is 1.22. The van der Waals surface area contributed by atoms with Gasteiger partial charge in [-0.3, -0.25) is 14.4 Å². The summed E-state index contributed by atoms with van der Waals surface area (Å²) in [4.78, 5) is 41.3. The number of thioether (sulfide) groups is 1. The minimum Gasteiger partial charge on any atom is -0.349 e. The van der Waals surface area contributed by atoms with Crippen LogP contribution in [0.25, 0.3) is 0 Å². The Morgan fingerprint density at radius 3 is 2.37 bits per heavy atom. The maximum Gasteiger partial charge on any atom is 0.252 e. The summed E-state index contributed by atoms with van der Waals surface area (Å²) < 4.78 is -1.06. The van der Waals surface area contributed by atoms with Crippen LogP contribution in [0, 0.1) is 0 Å². The first-order valence-electron chi connectivity index (χ1n) is 12.4. The Bertz CT molecular complexity index is 1100. The van der Waals surface area contributed by atoms with Gasteiger partial charge in [-0.15, -0.1) is 0 Å². The first-order valence-corrected chi connectivity index (χ1v) is 13.6. The molecule has 3 amide bonds. The molecule has 8 heteroatoms. The summed E-state index contributed by atoms with van der Waals surface area (Å²) in [5, 5.41) is 6.28. The number of nitrogens with one attached hydrogen (secondary N) is 2. The van der Waals surface area contributed by atoms with Crippen molar-refractivity contribution in [2.75, 3.05) is 11.4 Å². The van der Waals surface area contributed by atoms with Gasteiger partial charge in [-0.1, -0.05) is 54.4 Å². The minimum absolute atomic E-state index is 0.134. The van der Waals surface area contributed by atoms with Gasteiger partial charge in [0, 0.05) is 47.6 Å². The molecule has 0 spiro atoms. The van der Waals surface area contributed by atoms with Crippen molar-refractivity contribution >= 4 is 46.8 Å². The van der Waals surface area contributed by atoms with Gasteiger partial charge < -0.3 is 15.5 Å². The number of anilines is 1. The third-order valence-electron chi connectivity index (χ3n) is 7.16. The smallest absolute Gasteiger partial charge is 0.252 e. The van der Waals surface area contributed by atoms with Crippen LogP contribution in [0.15, 0.2) is 53.4 Å². The molecule has 184 valence electrons. The normalized spacial score (nSPS) is 26.2. The summed E-state index contributed by atoms with van der Waals surface area (Å²) in [6.45, 7) is 0.721. The van der Waals surface area contributed by atoms with E-state index >= 15 is 0 Å². The number of nitrogens with zero attached hydrogens (tertiary/aromatic N) is 1. The van der Waals surface area contributed by atoms with Gasteiger partial charge >= 0.3 is 0 Å². The highest BCUT2D eigenvalue weighted by Gasteiger charge is 2.44. The number of carbonyl (C=O) groups excluding carboxylic acids is 3. The number of halogens is 1. The van der Waals surface area contributed by atoms with Crippen LogP contribution in [0.4, 0.5) is 5.69 Å². The Labute approximate surface area is 215 Å². The third kappa shape index (κ3) is 5.21. The van der Waals surface area contributed by atoms with E-state index in [0.29, 0.717) is 18.4 Å². The Hall–Kier alpha value is -2.51. The van der Waals surface area contributed by atoms with Gasteiger partial charge in [-0.2, -0.15) is 0 Å². The lowest BCUT2D eigenvalue weighted by Crippen LogP contribution is -2.56. The lowest BCUT2D eigenvalue weighted by atomic mass is 9.89. The predicted molar refractivity (Wildman–Crippen MR) is 139 cm³/mol. The molecule has 3 unspecified atom stereocenters. The molecule has 0 aromatic heterocycles. The van der Waals surface area contributed by atoms with Crippen molar-refractivity contribution in [3.05, 3.63) is 59.7 Å². The predicted octanol–water partition coefficient (Wildman–Crippen LogP) is 4.64. The Morgan fingerprint density at radius 2 is 1.66 bits per heavy atom. The maximum atomic E-state index is 13.2. The molecule has 2 aromatic carbocycles. The van der Waals surface area contributed by atoms with Crippen LogP contribution in [0.3, 0.4) is 0 Å². The number of hydrogen-bond donors (Lipinski definition) is 2. The van der Waals surface area contributed by atoms with Crippen molar-refractivity contribution < 1.29 is 14.4 Å². The van der Waals surface area contributed by atoms with Gasteiger partial charge in [-0.05, 0) is 61.6 Å². The van der Waals surface area contributed by atoms with Crippen LogP contribution in [0.1, 0.15) is 60.9 Å². The Kier molecular flexibility index (Phi) is 7.07. The highest BCUT2D eigenvalue weighted by molar-refractivity contribution is 8.03. The van der Waals surface area contributed by atoms with Crippen LogP contribution >= 0.6 is 23.4 Å². The highest BCUT2D eigenvalue weighted by Crippen LogP contribution is 2.48.